The Bertz CT molecular complexity index is 1120. The number of ether oxygens (including phenoxy) is 1. The second kappa shape index (κ2) is 8.70. The van der Waals surface area contributed by atoms with Gasteiger partial charge in [0.05, 0.1) is 27.4 Å². The number of benzene rings is 2. The van der Waals surface area contributed by atoms with E-state index in [-0.39, 0.29) is 0 Å². The van der Waals surface area contributed by atoms with Crippen LogP contribution in [-0.2, 0) is 11.3 Å². The van der Waals surface area contributed by atoms with Gasteiger partial charge in [0.15, 0.2) is 0 Å². The number of hydrogen-bond donors (Lipinski definition) is 0. The van der Waals surface area contributed by atoms with Crippen LogP contribution < -0.4 is 4.90 Å². The van der Waals surface area contributed by atoms with Crippen molar-refractivity contribution in [3.8, 4) is 0 Å². The second-order valence-corrected chi connectivity index (χ2v) is 8.57. The fraction of sp³-hybridized carbons (Fsp3) is 0.381. The van der Waals surface area contributed by atoms with Crippen LogP contribution >= 0.6 is 34.8 Å². The molecule has 0 aliphatic carbocycles. The number of aromatic nitrogens is 2. The first-order valence-electron chi connectivity index (χ1n) is 9.79. The molecule has 1 atom stereocenters. The summed E-state index contributed by atoms with van der Waals surface area (Å²) in [5, 5.41) is 1.44. The lowest BCUT2D eigenvalue weighted by molar-refractivity contribution is -0.186. The smallest absolute Gasteiger partial charge is 0.364 e. The van der Waals surface area contributed by atoms with Crippen molar-refractivity contribution < 1.29 is 17.9 Å². The predicted molar refractivity (Wildman–Crippen MR) is 118 cm³/mol. The molecule has 31 heavy (non-hydrogen) atoms. The van der Waals surface area contributed by atoms with Gasteiger partial charge < -0.3 is 14.2 Å². The average Bonchev–Trinajstić information content (AvgIpc) is 3.10. The first kappa shape index (κ1) is 22.5. The van der Waals surface area contributed by atoms with Crippen LogP contribution in [0.25, 0.3) is 11.0 Å². The lowest BCUT2D eigenvalue weighted by Crippen LogP contribution is -2.28. The number of hydrogen-bond acceptors (Lipinski definition) is 3. The quantitative estimate of drug-likeness (QED) is 0.368. The molecule has 10 heteroatoms. The van der Waals surface area contributed by atoms with E-state index in [9.17, 15) is 13.2 Å². The molecule has 1 aliphatic rings. The highest BCUT2D eigenvalue weighted by atomic mass is 35.5. The number of aryl methyl sites for hydroxylation is 1. The predicted octanol–water partition coefficient (Wildman–Crippen LogP) is 7.57. The topological polar surface area (TPSA) is 30.3 Å². The van der Waals surface area contributed by atoms with Crippen molar-refractivity contribution in [3.63, 3.8) is 0 Å². The molecule has 0 radical (unpaired) electrons. The Balaban J connectivity index is 1.84. The van der Waals surface area contributed by atoms with Crippen LogP contribution in [0.1, 0.15) is 31.4 Å². The van der Waals surface area contributed by atoms with Gasteiger partial charge in [-0.15, -0.1) is 0 Å². The van der Waals surface area contributed by atoms with Gasteiger partial charge >= 0.3 is 6.18 Å². The maximum Gasteiger partial charge on any atom is 0.411 e. The fourth-order valence-electron chi connectivity index (χ4n) is 3.94. The highest BCUT2D eigenvalue weighted by Gasteiger charge is 2.32. The molecule has 166 valence electrons. The van der Waals surface area contributed by atoms with Crippen LogP contribution in [0, 0.1) is 0 Å². The lowest BCUT2D eigenvalue weighted by atomic mass is 10.0. The zero-order valence-corrected chi connectivity index (χ0v) is 18.8. The molecule has 0 N–H and O–H groups in total. The molecule has 0 spiro atoms. The van der Waals surface area contributed by atoms with Gasteiger partial charge in [0.25, 0.3) is 0 Å². The van der Waals surface area contributed by atoms with E-state index in [4.69, 9.17) is 44.5 Å². The molecule has 2 heterocycles. The molecular formula is C21H19Cl3F3N3O. The zero-order chi connectivity index (χ0) is 22.3. The molecular weight excluding hydrogens is 474 g/mol. The third-order valence-corrected chi connectivity index (χ3v) is 6.07. The van der Waals surface area contributed by atoms with Gasteiger partial charge in [-0.05, 0) is 37.1 Å². The van der Waals surface area contributed by atoms with Crippen LogP contribution in [0.15, 0.2) is 30.3 Å². The van der Waals surface area contributed by atoms with Crippen LogP contribution in [0.3, 0.4) is 0 Å². The second-order valence-electron chi connectivity index (χ2n) is 7.32. The summed E-state index contributed by atoms with van der Waals surface area (Å²) in [6, 6.07) is 8.61. The van der Waals surface area contributed by atoms with Gasteiger partial charge in [-0.2, -0.15) is 13.2 Å². The normalized spacial score (nSPS) is 15.4. The number of alkyl halides is 3. The summed E-state index contributed by atoms with van der Waals surface area (Å²) in [7, 11) is 0. The van der Waals surface area contributed by atoms with E-state index in [0.29, 0.717) is 57.1 Å². The minimum atomic E-state index is -4.40. The van der Waals surface area contributed by atoms with Crippen molar-refractivity contribution in [2.45, 2.75) is 38.6 Å². The molecule has 1 unspecified atom stereocenters. The first-order valence-corrected chi connectivity index (χ1v) is 10.9. The third kappa shape index (κ3) is 4.46. The molecule has 1 aliphatic heterocycles. The Morgan fingerprint density at radius 2 is 1.87 bits per heavy atom. The minimum Gasteiger partial charge on any atom is -0.364 e. The van der Waals surface area contributed by atoms with Crippen molar-refractivity contribution in [1.29, 1.82) is 0 Å². The monoisotopic (exact) mass is 491 g/mol. The van der Waals surface area contributed by atoms with Crippen LogP contribution in [0.2, 0.25) is 15.1 Å². The molecule has 0 saturated carbocycles. The average molecular weight is 493 g/mol. The summed E-state index contributed by atoms with van der Waals surface area (Å²) in [6.07, 6.45) is -3.97. The molecule has 0 amide bonds. The summed E-state index contributed by atoms with van der Waals surface area (Å²) >= 11 is 18.9. The van der Waals surface area contributed by atoms with E-state index in [0.717, 1.165) is 12.1 Å². The summed E-state index contributed by atoms with van der Waals surface area (Å²) < 4.78 is 45.5. The number of imidazole rings is 1. The van der Waals surface area contributed by atoms with Gasteiger partial charge in [-0.1, -0.05) is 47.8 Å². The van der Waals surface area contributed by atoms with Crippen molar-refractivity contribution in [2.75, 3.05) is 18.1 Å². The fourth-order valence-corrected chi connectivity index (χ4v) is 4.64. The molecule has 3 aromatic rings. The van der Waals surface area contributed by atoms with Gasteiger partial charge in [0.2, 0.25) is 5.95 Å². The SMILES string of the molecule is CCC(OCC(F)(F)F)c1ccc(Cl)c2nc3n(c12)CCCN3c1ccc(Cl)cc1Cl. The largest absolute Gasteiger partial charge is 0.411 e. The van der Waals surface area contributed by atoms with Crippen LogP contribution in [0.4, 0.5) is 24.8 Å². The molecule has 0 bridgehead atoms. The van der Waals surface area contributed by atoms with Crippen molar-refractivity contribution >= 4 is 57.5 Å². The Labute approximate surface area is 192 Å². The van der Waals surface area contributed by atoms with Crippen molar-refractivity contribution in [2.24, 2.45) is 0 Å². The summed E-state index contributed by atoms with van der Waals surface area (Å²) in [4.78, 5) is 6.72. The molecule has 2 aromatic carbocycles. The van der Waals surface area contributed by atoms with E-state index in [1.165, 1.54) is 0 Å². The van der Waals surface area contributed by atoms with E-state index < -0.39 is 18.9 Å². The molecule has 0 fully saturated rings. The molecule has 0 saturated heterocycles. The van der Waals surface area contributed by atoms with Crippen molar-refractivity contribution in [3.05, 3.63) is 51.0 Å². The number of anilines is 2. The number of rotatable bonds is 5. The number of nitrogens with zero attached hydrogens (tertiary/aromatic N) is 3. The highest BCUT2D eigenvalue weighted by Crippen LogP contribution is 2.41. The Hall–Kier alpha value is -1.67. The number of fused-ring (bicyclic) bond motifs is 3. The zero-order valence-electron chi connectivity index (χ0n) is 16.5. The van der Waals surface area contributed by atoms with E-state index in [1.54, 1.807) is 31.2 Å². The maximum absolute atomic E-state index is 12.8. The van der Waals surface area contributed by atoms with Crippen LogP contribution in [0.5, 0.6) is 0 Å². The lowest BCUT2D eigenvalue weighted by Gasteiger charge is -2.30. The summed E-state index contributed by atoms with van der Waals surface area (Å²) in [5.41, 5.74) is 2.60. The van der Waals surface area contributed by atoms with E-state index >= 15 is 0 Å². The summed E-state index contributed by atoms with van der Waals surface area (Å²) in [6.45, 7) is 1.80. The Kier molecular flexibility index (Phi) is 6.32. The Morgan fingerprint density at radius 1 is 1.10 bits per heavy atom. The molecule has 4 rings (SSSR count). The maximum atomic E-state index is 12.8. The van der Waals surface area contributed by atoms with Gasteiger partial charge in [0.1, 0.15) is 12.1 Å². The summed E-state index contributed by atoms with van der Waals surface area (Å²) in [5.74, 6) is 0.630. The standard InChI is InChI=1S/C21H19Cl3F3N3O/c1-2-17(31-11-21(25,26)27)13-5-6-14(23)18-19(13)30-9-3-8-29(20(30)28-18)16-7-4-12(22)10-15(16)24/h4-7,10,17H,2-3,8-9,11H2,1H3. The van der Waals surface area contributed by atoms with Gasteiger partial charge in [0, 0.05) is 23.7 Å². The van der Waals surface area contributed by atoms with E-state index in [2.05, 4.69) is 0 Å². The molecule has 1 aromatic heterocycles. The van der Waals surface area contributed by atoms with Crippen molar-refractivity contribution in [1.82, 2.24) is 9.55 Å². The van der Waals surface area contributed by atoms with Crippen LogP contribution in [-0.4, -0.2) is 28.9 Å². The third-order valence-electron chi connectivity index (χ3n) is 5.23. The first-order chi connectivity index (χ1) is 14.7. The minimum absolute atomic E-state index is 0.375. The van der Waals surface area contributed by atoms with Gasteiger partial charge in [-0.3, -0.25) is 0 Å². The molecule has 4 nitrogen and oxygen atoms in total. The van der Waals surface area contributed by atoms with Gasteiger partial charge in [-0.25, -0.2) is 4.98 Å². The highest BCUT2D eigenvalue weighted by molar-refractivity contribution is 6.36. The van der Waals surface area contributed by atoms with E-state index in [1.807, 2.05) is 15.5 Å². The number of halogens is 6. The Morgan fingerprint density at radius 3 is 2.55 bits per heavy atom.